The summed E-state index contributed by atoms with van der Waals surface area (Å²) < 4.78 is 0. The van der Waals surface area contributed by atoms with Gasteiger partial charge in [-0.3, -0.25) is 0 Å². The Labute approximate surface area is 45.1 Å². The van der Waals surface area contributed by atoms with Crippen LogP contribution in [-0.2, 0) is 0 Å². The average Bonchev–Trinajstić information content (AvgIpc) is 2.17. The van der Waals surface area contributed by atoms with Crippen LogP contribution >= 0.6 is 0 Å². The lowest BCUT2D eigenvalue weighted by Gasteiger charge is -2.02. The summed E-state index contributed by atoms with van der Waals surface area (Å²) in [6.45, 7) is 5.89. The Bertz CT molecular complexity index is 55.2. The zero-order chi connectivity index (χ0) is 5.28. The zero-order valence-electron chi connectivity index (χ0n) is 4.78. The van der Waals surface area contributed by atoms with Crippen molar-refractivity contribution < 1.29 is 0 Å². The molecule has 1 aliphatic rings. The lowest BCUT2D eigenvalue weighted by atomic mass is 10.4. The van der Waals surface area contributed by atoms with E-state index in [1.165, 1.54) is 12.8 Å². The molecule has 1 heteroatoms. The second-order valence-electron chi connectivity index (χ2n) is 2.34. The number of hydrogen-bond donors (Lipinski definition) is 1. The molecule has 0 spiro atoms. The van der Waals surface area contributed by atoms with Gasteiger partial charge in [-0.25, -0.2) is 0 Å². The Balaban J connectivity index is 1.97. The predicted molar refractivity (Wildman–Crippen MR) is 31.0 cm³/mol. The first-order valence-corrected chi connectivity index (χ1v) is 2.88. The Morgan fingerprint density at radius 3 is 2.43 bits per heavy atom. The summed E-state index contributed by atoms with van der Waals surface area (Å²) in [5.41, 5.74) is 0. The van der Waals surface area contributed by atoms with Crippen molar-refractivity contribution in [3.05, 3.63) is 6.92 Å². The van der Waals surface area contributed by atoms with Gasteiger partial charge in [-0.05, 0) is 26.7 Å². The Kier molecular flexibility index (Phi) is 1.33. The molecule has 1 aliphatic carbocycles. The van der Waals surface area contributed by atoms with E-state index in [4.69, 9.17) is 0 Å². The maximum absolute atomic E-state index is 3.81. The highest BCUT2D eigenvalue weighted by molar-refractivity contribution is 4.83. The first kappa shape index (κ1) is 5.10. The fourth-order valence-corrected chi connectivity index (χ4v) is 0.652. The molecule has 0 saturated heterocycles. The molecule has 0 aliphatic heterocycles. The third-order valence-corrected chi connectivity index (χ3v) is 1.10. The lowest BCUT2D eigenvalue weighted by Crippen LogP contribution is -2.24. The summed E-state index contributed by atoms with van der Waals surface area (Å²) in [4.78, 5) is 0. The van der Waals surface area contributed by atoms with Gasteiger partial charge < -0.3 is 5.32 Å². The maximum atomic E-state index is 3.81. The smallest absolute Gasteiger partial charge is 0.00706 e. The van der Waals surface area contributed by atoms with Crippen molar-refractivity contribution in [3.8, 4) is 0 Å². The number of rotatable bonds is 2. The molecular formula is C6H12N. The van der Waals surface area contributed by atoms with E-state index >= 15 is 0 Å². The molecule has 1 N–H and O–H groups in total. The lowest BCUT2D eigenvalue weighted by molar-refractivity contribution is 0.626. The molecule has 1 rings (SSSR count). The summed E-state index contributed by atoms with van der Waals surface area (Å²) in [6.07, 6.45) is 2.72. The van der Waals surface area contributed by atoms with E-state index in [9.17, 15) is 0 Å². The Hall–Kier alpha value is -0.0400. The summed E-state index contributed by atoms with van der Waals surface area (Å²) in [7, 11) is 0. The second-order valence-corrected chi connectivity index (χ2v) is 2.34. The van der Waals surface area contributed by atoms with Crippen molar-refractivity contribution >= 4 is 0 Å². The monoisotopic (exact) mass is 98.1 g/mol. The first-order valence-electron chi connectivity index (χ1n) is 2.88. The molecule has 1 radical (unpaired) electrons. The van der Waals surface area contributed by atoms with Crippen molar-refractivity contribution in [2.75, 3.05) is 0 Å². The van der Waals surface area contributed by atoms with Gasteiger partial charge in [-0.1, -0.05) is 0 Å². The average molecular weight is 98.2 g/mol. The van der Waals surface area contributed by atoms with Crippen LogP contribution in [0.4, 0.5) is 0 Å². The molecule has 1 saturated carbocycles. The molecular weight excluding hydrogens is 86.1 g/mol. The highest BCUT2D eigenvalue weighted by Crippen LogP contribution is 2.18. The molecule has 0 amide bonds. The van der Waals surface area contributed by atoms with Gasteiger partial charge in [0.2, 0.25) is 0 Å². The van der Waals surface area contributed by atoms with Crippen LogP contribution in [0.15, 0.2) is 0 Å². The molecule has 1 unspecified atom stereocenters. The maximum Gasteiger partial charge on any atom is 0.00706 e. The van der Waals surface area contributed by atoms with Crippen molar-refractivity contribution in [1.29, 1.82) is 0 Å². The fraction of sp³-hybridized carbons (Fsp3) is 0.833. The molecule has 0 bridgehead atoms. The minimum Gasteiger partial charge on any atom is -0.312 e. The molecule has 0 aromatic heterocycles. The summed E-state index contributed by atoms with van der Waals surface area (Å²) in [5, 5.41) is 3.31. The van der Waals surface area contributed by atoms with Crippen LogP contribution in [0, 0.1) is 6.92 Å². The Morgan fingerprint density at radius 1 is 1.71 bits per heavy atom. The van der Waals surface area contributed by atoms with E-state index in [1.54, 1.807) is 0 Å². The minimum absolute atomic E-state index is 0.438. The van der Waals surface area contributed by atoms with Gasteiger partial charge in [0.15, 0.2) is 0 Å². The van der Waals surface area contributed by atoms with E-state index in [0.29, 0.717) is 6.04 Å². The van der Waals surface area contributed by atoms with E-state index in [1.807, 2.05) is 0 Å². The standard InChI is InChI=1S/C6H12N/c1-5(2)7-6-3-4-6/h5-7H,1,3-4H2,2H3. The Morgan fingerprint density at radius 2 is 2.29 bits per heavy atom. The molecule has 1 nitrogen and oxygen atoms in total. The topological polar surface area (TPSA) is 12.0 Å². The summed E-state index contributed by atoms with van der Waals surface area (Å²) in [6, 6.07) is 1.25. The van der Waals surface area contributed by atoms with Crippen LogP contribution in [0.1, 0.15) is 19.8 Å². The third kappa shape index (κ3) is 1.93. The van der Waals surface area contributed by atoms with Crippen molar-refractivity contribution in [1.82, 2.24) is 5.32 Å². The molecule has 1 fully saturated rings. The second kappa shape index (κ2) is 1.83. The van der Waals surface area contributed by atoms with Gasteiger partial charge in [0, 0.05) is 12.1 Å². The van der Waals surface area contributed by atoms with Crippen LogP contribution in [-0.4, -0.2) is 12.1 Å². The van der Waals surface area contributed by atoms with Gasteiger partial charge in [-0.15, -0.1) is 0 Å². The molecule has 0 aromatic rings. The minimum atomic E-state index is 0.438. The van der Waals surface area contributed by atoms with Gasteiger partial charge in [0.25, 0.3) is 0 Å². The van der Waals surface area contributed by atoms with Gasteiger partial charge in [0.05, 0.1) is 0 Å². The highest BCUT2D eigenvalue weighted by atomic mass is 15.0. The van der Waals surface area contributed by atoms with E-state index in [-0.39, 0.29) is 0 Å². The molecule has 1 atom stereocenters. The van der Waals surface area contributed by atoms with Crippen LogP contribution in [0.3, 0.4) is 0 Å². The van der Waals surface area contributed by atoms with E-state index in [2.05, 4.69) is 19.2 Å². The molecule has 7 heavy (non-hydrogen) atoms. The van der Waals surface area contributed by atoms with Crippen LogP contribution < -0.4 is 5.32 Å². The van der Waals surface area contributed by atoms with E-state index < -0.39 is 0 Å². The summed E-state index contributed by atoms with van der Waals surface area (Å²) in [5.74, 6) is 0. The normalized spacial score (nSPS) is 21.0. The first-order chi connectivity index (χ1) is 3.29. The SMILES string of the molecule is [CH2]C(C)NC1CC1. The fourth-order valence-electron chi connectivity index (χ4n) is 0.652. The van der Waals surface area contributed by atoms with Crippen LogP contribution in [0.5, 0.6) is 0 Å². The largest absolute Gasteiger partial charge is 0.312 e. The quantitative estimate of drug-likeness (QED) is 0.542. The van der Waals surface area contributed by atoms with E-state index in [0.717, 1.165) is 6.04 Å². The van der Waals surface area contributed by atoms with Crippen LogP contribution in [0.25, 0.3) is 0 Å². The molecule has 0 aromatic carbocycles. The zero-order valence-corrected chi connectivity index (χ0v) is 4.78. The highest BCUT2D eigenvalue weighted by Gasteiger charge is 2.20. The van der Waals surface area contributed by atoms with Gasteiger partial charge in [0.1, 0.15) is 0 Å². The molecule has 0 heterocycles. The van der Waals surface area contributed by atoms with Crippen molar-refractivity contribution in [2.45, 2.75) is 31.8 Å². The van der Waals surface area contributed by atoms with Gasteiger partial charge in [-0.2, -0.15) is 0 Å². The van der Waals surface area contributed by atoms with Gasteiger partial charge >= 0.3 is 0 Å². The molecule has 41 valence electrons. The number of hydrogen-bond acceptors (Lipinski definition) is 1. The van der Waals surface area contributed by atoms with Crippen LogP contribution in [0.2, 0.25) is 0 Å². The van der Waals surface area contributed by atoms with Crippen molar-refractivity contribution in [2.24, 2.45) is 0 Å². The number of nitrogens with one attached hydrogen (secondary N) is 1. The summed E-state index contributed by atoms with van der Waals surface area (Å²) >= 11 is 0. The predicted octanol–water partition coefficient (Wildman–Crippen LogP) is 0.961. The van der Waals surface area contributed by atoms with Crippen molar-refractivity contribution in [3.63, 3.8) is 0 Å². The third-order valence-electron chi connectivity index (χ3n) is 1.10.